The second-order valence-corrected chi connectivity index (χ2v) is 5.83. The minimum absolute atomic E-state index is 0.0998. The van der Waals surface area contributed by atoms with Crippen molar-refractivity contribution in [3.05, 3.63) is 39.4 Å². The Kier molecular flexibility index (Phi) is 4.65. The topological polar surface area (TPSA) is 87.0 Å². The first-order valence-corrected chi connectivity index (χ1v) is 7.33. The summed E-state index contributed by atoms with van der Waals surface area (Å²) in [4.78, 5) is 39.3. The number of non-ortho nitro benzene ring substituents is 1. The number of likely N-dealkylation sites (N-methyl/N-ethyl adjacent to an activating group) is 2. The Labute approximate surface area is 144 Å². The highest BCUT2D eigenvalue weighted by Gasteiger charge is 2.35. The second-order valence-electron chi connectivity index (χ2n) is 5.46. The molecular weight excluding hydrogens is 332 g/mol. The maximum atomic E-state index is 12.4. The van der Waals surface area contributed by atoms with Crippen LogP contribution in [0, 0.1) is 10.1 Å². The lowest BCUT2D eigenvalue weighted by atomic mass is 10.0. The molecule has 0 saturated carbocycles. The summed E-state index contributed by atoms with van der Waals surface area (Å²) in [5.41, 5.74) is 0.824. The minimum Gasteiger partial charge on any atom is -0.377 e. The van der Waals surface area contributed by atoms with Crippen LogP contribution in [0.3, 0.4) is 0 Å². The van der Waals surface area contributed by atoms with Crippen LogP contribution in [0.5, 0.6) is 0 Å². The molecule has 0 bridgehead atoms. The predicted molar refractivity (Wildman–Crippen MR) is 93.5 cm³/mol. The Morgan fingerprint density at radius 1 is 1.17 bits per heavy atom. The number of nitro benzene ring substituents is 1. The van der Waals surface area contributed by atoms with Crippen molar-refractivity contribution < 1.29 is 14.5 Å². The fourth-order valence-electron chi connectivity index (χ4n) is 2.31. The van der Waals surface area contributed by atoms with E-state index in [2.05, 4.69) is 0 Å². The molecule has 1 aromatic rings. The molecule has 0 spiro atoms. The molecule has 1 aliphatic rings. The van der Waals surface area contributed by atoms with Crippen molar-refractivity contribution in [2.45, 2.75) is 0 Å². The largest absolute Gasteiger partial charge is 0.377 e. The van der Waals surface area contributed by atoms with Crippen LogP contribution in [0.1, 0.15) is 5.56 Å². The highest BCUT2D eigenvalue weighted by atomic mass is 32.1. The summed E-state index contributed by atoms with van der Waals surface area (Å²) in [6.07, 6.45) is 1.36. The molecule has 1 aliphatic heterocycles. The van der Waals surface area contributed by atoms with Crippen molar-refractivity contribution in [3.63, 3.8) is 0 Å². The molecule has 9 heteroatoms. The van der Waals surface area contributed by atoms with Gasteiger partial charge in [-0.1, -0.05) is 0 Å². The molecular formula is C15H16N4O4S. The molecule has 0 aliphatic carbocycles. The molecule has 2 amide bonds. The van der Waals surface area contributed by atoms with Crippen molar-refractivity contribution in [1.29, 1.82) is 0 Å². The van der Waals surface area contributed by atoms with Crippen molar-refractivity contribution in [3.8, 4) is 0 Å². The average molecular weight is 348 g/mol. The lowest BCUT2D eigenvalue weighted by molar-refractivity contribution is -0.384. The highest BCUT2D eigenvalue weighted by molar-refractivity contribution is 7.80. The lowest BCUT2D eigenvalue weighted by Gasteiger charge is -2.31. The number of amides is 2. The smallest absolute Gasteiger partial charge is 0.270 e. The van der Waals surface area contributed by atoms with Gasteiger partial charge >= 0.3 is 0 Å². The summed E-state index contributed by atoms with van der Waals surface area (Å²) >= 11 is 5.03. The first-order chi connectivity index (χ1) is 11.1. The van der Waals surface area contributed by atoms with E-state index in [1.54, 1.807) is 25.1 Å². The van der Waals surface area contributed by atoms with Gasteiger partial charge in [-0.3, -0.25) is 29.5 Å². The fraction of sp³-hybridized carbons (Fsp3) is 0.267. The summed E-state index contributed by atoms with van der Waals surface area (Å²) < 4.78 is 0. The van der Waals surface area contributed by atoms with Gasteiger partial charge in [0, 0.05) is 51.6 Å². The highest BCUT2D eigenvalue weighted by Crippen LogP contribution is 2.28. The Hall–Kier alpha value is -2.81. The van der Waals surface area contributed by atoms with Gasteiger partial charge in [-0.25, -0.2) is 0 Å². The van der Waals surface area contributed by atoms with Crippen molar-refractivity contribution in [1.82, 2.24) is 9.80 Å². The third kappa shape index (κ3) is 2.98. The van der Waals surface area contributed by atoms with Crippen LogP contribution >= 0.6 is 12.2 Å². The van der Waals surface area contributed by atoms with Gasteiger partial charge in [-0.15, -0.1) is 0 Å². The van der Waals surface area contributed by atoms with Crippen LogP contribution in [0.15, 0.2) is 23.8 Å². The molecule has 1 fully saturated rings. The summed E-state index contributed by atoms with van der Waals surface area (Å²) in [5, 5.41) is 11.1. The molecule has 24 heavy (non-hydrogen) atoms. The van der Waals surface area contributed by atoms with Crippen LogP contribution in [0.2, 0.25) is 0 Å². The molecule has 0 unspecified atom stereocenters. The van der Waals surface area contributed by atoms with E-state index in [0.717, 1.165) is 0 Å². The number of thiocarbonyl (C=S) groups is 1. The number of benzene rings is 1. The SMILES string of the molecule is CN1C(=O)C(=Cc2cc([N+](=O)[O-])ccc2N(C)C)C(=O)N(C)C1=S. The first-order valence-electron chi connectivity index (χ1n) is 6.92. The van der Waals surface area contributed by atoms with Gasteiger partial charge in [0.1, 0.15) is 5.57 Å². The van der Waals surface area contributed by atoms with Crippen LogP contribution in [0.4, 0.5) is 11.4 Å². The van der Waals surface area contributed by atoms with Crippen LogP contribution < -0.4 is 4.90 Å². The number of hydrogen-bond donors (Lipinski definition) is 0. The Morgan fingerprint density at radius 2 is 1.71 bits per heavy atom. The van der Waals surface area contributed by atoms with Crippen LogP contribution in [0.25, 0.3) is 6.08 Å². The first kappa shape index (κ1) is 17.5. The van der Waals surface area contributed by atoms with E-state index in [1.807, 2.05) is 0 Å². The molecule has 0 aromatic heterocycles. The summed E-state index contributed by atoms with van der Waals surface area (Å²) in [7, 11) is 6.48. The fourth-order valence-corrected chi connectivity index (χ4v) is 2.47. The molecule has 0 N–H and O–H groups in total. The Bertz CT molecular complexity index is 762. The number of hydrogen-bond acceptors (Lipinski definition) is 6. The van der Waals surface area contributed by atoms with Gasteiger partial charge in [0.05, 0.1) is 4.92 Å². The van der Waals surface area contributed by atoms with Gasteiger partial charge in [-0.05, 0) is 24.4 Å². The quantitative estimate of drug-likeness (QED) is 0.269. The standard InChI is InChI=1S/C15H16N4O4S/c1-16(2)12-6-5-10(19(22)23)7-9(12)8-11-13(20)17(3)15(24)18(4)14(11)21/h5-8H,1-4H3. The maximum Gasteiger partial charge on any atom is 0.270 e. The molecule has 0 radical (unpaired) electrons. The second kappa shape index (κ2) is 6.36. The van der Waals surface area contributed by atoms with Gasteiger partial charge < -0.3 is 4.90 Å². The zero-order valence-electron chi connectivity index (χ0n) is 13.6. The van der Waals surface area contributed by atoms with Crippen molar-refractivity contribution >= 4 is 46.6 Å². The maximum absolute atomic E-state index is 12.4. The lowest BCUT2D eigenvalue weighted by Crippen LogP contribution is -2.52. The molecule has 126 valence electrons. The molecule has 1 heterocycles. The molecule has 2 rings (SSSR count). The zero-order valence-corrected chi connectivity index (χ0v) is 14.5. The number of nitro groups is 1. The number of carbonyl (C=O) groups is 2. The van der Waals surface area contributed by atoms with E-state index in [-0.39, 0.29) is 16.4 Å². The number of rotatable bonds is 3. The van der Waals surface area contributed by atoms with Crippen molar-refractivity contribution in [2.75, 3.05) is 33.1 Å². The molecule has 1 saturated heterocycles. The summed E-state index contributed by atoms with van der Waals surface area (Å²) in [6.45, 7) is 0. The van der Waals surface area contributed by atoms with E-state index in [0.29, 0.717) is 11.3 Å². The average Bonchev–Trinajstić information content (AvgIpc) is 2.54. The number of nitrogens with zero attached hydrogens (tertiary/aromatic N) is 4. The van der Waals surface area contributed by atoms with Gasteiger partial charge in [-0.2, -0.15) is 0 Å². The van der Waals surface area contributed by atoms with Crippen LogP contribution in [-0.2, 0) is 9.59 Å². The monoisotopic (exact) mass is 348 g/mol. The van der Waals surface area contributed by atoms with Crippen molar-refractivity contribution in [2.24, 2.45) is 0 Å². The minimum atomic E-state index is -0.542. The van der Waals surface area contributed by atoms with E-state index in [9.17, 15) is 19.7 Å². The zero-order chi connectivity index (χ0) is 18.2. The Balaban J connectivity index is 2.62. The number of anilines is 1. The molecule has 0 atom stereocenters. The third-order valence-corrected chi connectivity index (χ3v) is 4.20. The Morgan fingerprint density at radius 3 is 2.17 bits per heavy atom. The summed E-state index contributed by atoms with van der Waals surface area (Å²) in [5.74, 6) is -1.08. The molecule has 1 aromatic carbocycles. The summed E-state index contributed by atoms with van der Waals surface area (Å²) in [6, 6.07) is 4.27. The number of carbonyl (C=O) groups excluding carboxylic acids is 2. The van der Waals surface area contributed by atoms with Gasteiger partial charge in [0.2, 0.25) is 0 Å². The van der Waals surface area contributed by atoms with E-state index in [1.165, 1.54) is 42.1 Å². The van der Waals surface area contributed by atoms with Gasteiger partial charge in [0.15, 0.2) is 5.11 Å². The van der Waals surface area contributed by atoms with E-state index >= 15 is 0 Å². The third-order valence-electron chi connectivity index (χ3n) is 3.65. The molecule has 8 nitrogen and oxygen atoms in total. The predicted octanol–water partition coefficient (Wildman–Crippen LogP) is 1.26. The van der Waals surface area contributed by atoms with Gasteiger partial charge in [0.25, 0.3) is 17.5 Å². The van der Waals surface area contributed by atoms with E-state index < -0.39 is 16.7 Å². The van der Waals surface area contributed by atoms with Crippen LogP contribution in [-0.4, -0.2) is 59.8 Å². The van der Waals surface area contributed by atoms with E-state index in [4.69, 9.17) is 12.2 Å². The normalized spacial score (nSPS) is 15.0.